The predicted molar refractivity (Wildman–Crippen MR) is 91.1 cm³/mol. The maximum absolute atomic E-state index is 12.6. The van der Waals surface area contributed by atoms with Crippen molar-refractivity contribution in [3.63, 3.8) is 0 Å². The number of aryl methyl sites for hydroxylation is 1. The number of carbonyl (C=O) groups is 2. The van der Waals surface area contributed by atoms with Crippen molar-refractivity contribution in [3.8, 4) is 5.75 Å². The number of carboxylic acid groups (broad SMARTS) is 1. The van der Waals surface area contributed by atoms with Gasteiger partial charge in [-0.2, -0.15) is 0 Å². The van der Waals surface area contributed by atoms with E-state index in [4.69, 9.17) is 9.84 Å². The van der Waals surface area contributed by atoms with Crippen LogP contribution < -0.4 is 10.1 Å². The van der Waals surface area contributed by atoms with Gasteiger partial charge in [0.25, 0.3) is 5.91 Å². The number of methoxy groups -OCH3 is 1. The average molecular weight is 339 g/mol. The van der Waals surface area contributed by atoms with E-state index in [-0.39, 0.29) is 18.0 Å². The molecule has 7 heteroatoms. The van der Waals surface area contributed by atoms with Crippen LogP contribution in [0.4, 0.5) is 0 Å². The summed E-state index contributed by atoms with van der Waals surface area (Å²) in [5.74, 6) is -0.652. The molecule has 7 nitrogen and oxygen atoms in total. The van der Waals surface area contributed by atoms with Gasteiger partial charge in [-0.3, -0.25) is 9.20 Å². The maximum Gasteiger partial charge on any atom is 0.335 e. The first-order valence-electron chi connectivity index (χ1n) is 7.63. The Morgan fingerprint density at radius 1 is 1.24 bits per heavy atom. The highest BCUT2D eigenvalue weighted by molar-refractivity contribution is 5.95. The Labute approximate surface area is 143 Å². The number of hydrogen-bond donors (Lipinski definition) is 2. The van der Waals surface area contributed by atoms with E-state index in [0.29, 0.717) is 22.8 Å². The van der Waals surface area contributed by atoms with Crippen LogP contribution in [0.25, 0.3) is 5.65 Å². The highest BCUT2D eigenvalue weighted by Gasteiger charge is 2.18. The van der Waals surface area contributed by atoms with Crippen LogP contribution in [0.15, 0.2) is 42.6 Å². The van der Waals surface area contributed by atoms with Crippen molar-refractivity contribution in [1.29, 1.82) is 0 Å². The second-order valence-corrected chi connectivity index (χ2v) is 5.50. The highest BCUT2D eigenvalue weighted by Crippen LogP contribution is 2.21. The number of nitrogens with zero attached hydrogens (tertiary/aromatic N) is 2. The number of benzene rings is 1. The van der Waals surface area contributed by atoms with Crippen molar-refractivity contribution in [2.45, 2.75) is 13.5 Å². The number of hydrogen-bond acceptors (Lipinski definition) is 4. The van der Waals surface area contributed by atoms with Gasteiger partial charge in [-0.15, -0.1) is 0 Å². The van der Waals surface area contributed by atoms with Gasteiger partial charge in [0, 0.05) is 12.7 Å². The number of rotatable bonds is 5. The Kier molecular flexibility index (Phi) is 4.38. The van der Waals surface area contributed by atoms with Crippen molar-refractivity contribution in [1.82, 2.24) is 14.7 Å². The molecule has 0 radical (unpaired) electrons. The lowest BCUT2D eigenvalue weighted by Gasteiger charge is -2.07. The monoisotopic (exact) mass is 339 g/mol. The molecular formula is C18H17N3O4. The Balaban J connectivity index is 1.81. The van der Waals surface area contributed by atoms with Gasteiger partial charge in [0.1, 0.15) is 5.69 Å². The van der Waals surface area contributed by atoms with Crippen LogP contribution in [0, 0.1) is 6.92 Å². The van der Waals surface area contributed by atoms with Crippen molar-refractivity contribution in [2.24, 2.45) is 0 Å². The zero-order valence-corrected chi connectivity index (χ0v) is 13.8. The van der Waals surface area contributed by atoms with Crippen LogP contribution in [0.2, 0.25) is 0 Å². The molecule has 3 rings (SSSR count). The first kappa shape index (κ1) is 16.5. The Hall–Kier alpha value is -3.35. The Morgan fingerprint density at radius 2 is 1.96 bits per heavy atom. The number of amides is 1. The molecule has 0 spiro atoms. The summed E-state index contributed by atoms with van der Waals surface area (Å²) in [5, 5.41) is 11.7. The SMILES string of the molecule is COc1cccn2c(C(=O)NCc3ccc(C(=O)O)cc3)c(C)nc12. The lowest BCUT2D eigenvalue weighted by atomic mass is 10.1. The number of imidazole rings is 1. The molecule has 0 atom stereocenters. The zero-order valence-electron chi connectivity index (χ0n) is 13.8. The summed E-state index contributed by atoms with van der Waals surface area (Å²) in [7, 11) is 1.56. The Bertz CT molecular complexity index is 945. The molecule has 0 saturated carbocycles. The average Bonchev–Trinajstić information content (AvgIpc) is 2.95. The van der Waals surface area contributed by atoms with E-state index in [1.165, 1.54) is 12.1 Å². The molecule has 0 saturated heterocycles. The topological polar surface area (TPSA) is 92.9 Å². The van der Waals surface area contributed by atoms with Crippen LogP contribution in [0.1, 0.15) is 32.1 Å². The van der Waals surface area contributed by atoms with Crippen LogP contribution in [0.3, 0.4) is 0 Å². The molecule has 2 aromatic heterocycles. The number of carbonyl (C=O) groups excluding carboxylic acids is 1. The molecule has 0 aliphatic heterocycles. The van der Waals surface area contributed by atoms with E-state index in [9.17, 15) is 9.59 Å². The molecule has 2 heterocycles. The highest BCUT2D eigenvalue weighted by atomic mass is 16.5. The number of pyridine rings is 1. The minimum absolute atomic E-state index is 0.208. The van der Waals surface area contributed by atoms with Crippen LogP contribution in [0.5, 0.6) is 5.75 Å². The lowest BCUT2D eigenvalue weighted by Crippen LogP contribution is -2.25. The fraction of sp³-hybridized carbons (Fsp3) is 0.167. The van der Waals surface area contributed by atoms with E-state index in [1.807, 2.05) is 0 Å². The van der Waals surface area contributed by atoms with E-state index in [2.05, 4.69) is 10.3 Å². The summed E-state index contributed by atoms with van der Waals surface area (Å²) >= 11 is 0. The van der Waals surface area contributed by atoms with Crippen LogP contribution in [-0.2, 0) is 6.54 Å². The quantitative estimate of drug-likeness (QED) is 0.744. The molecule has 0 unspecified atom stereocenters. The van der Waals surface area contributed by atoms with E-state index >= 15 is 0 Å². The number of fused-ring (bicyclic) bond motifs is 1. The van der Waals surface area contributed by atoms with Gasteiger partial charge in [0.05, 0.1) is 18.4 Å². The minimum Gasteiger partial charge on any atom is -0.493 e. The van der Waals surface area contributed by atoms with Gasteiger partial charge in [-0.25, -0.2) is 9.78 Å². The second kappa shape index (κ2) is 6.64. The fourth-order valence-electron chi connectivity index (χ4n) is 2.62. The molecule has 0 fully saturated rings. The third-order valence-electron chi connectivity index (χ3n) is 3.88. The molecule has 0 aliphatic rings. The number of nitrogens with one attached hydrogen (secondary N) is 1. The summed E-state index contributed by atoms with van der Waals surface area (Å²) in [5.41, 5.74) is 2.64. The molecule has 1 aromatic carbocycles. The van der Waals surface area contributed by atoms with Gasteiger partial charge < -0.3 is 15.2 Å². The van der Waals surface area contributed by atoms with Crippen molar-refractivity contribution in [3.05, 3.63) is 65.1 Å². The van der Waals surface area contributed by atoms with Crippen molar-refractivity contribution >= 4 is 17.5 Å². The largest absolute Gasteiger partial charge is 0.493 e. The third-order valence-corrected chi connectivity index (χ3v) is 3.88. The summed E-state index contributed by atoms with van der Waals surface area (Å²) in [6.45, 7) is 2.05. The number of carboxylic acids is 1. The molecule has 0 bridgehead atoms. The van der Waals surface area contributed by atoms with Crippen LogP contribution in [-0.4, -0.2) is 33.5 Å². The molecule has 25 heavy (non-hydrogen) atoms. The zero-order chi connectivity index (χ0) is 18.0. The Morgan fingerprint density at radius 3 is 2.60 bits per heavy atom. The standard InChI is InChI=1S/C18H17N3O4/c1-11-15(21-9-3-4-14(25-2)16(21)20-11)17(22)19-10-12-5-7-13(8-6-12)18(23)24/h3-9H,10H2,1-2H3,(H,19,22)(H,23,24). The van der Waals surface area contributed by atoms with E-state index < -0.39 is 5.97 Å². The summed E-state index contributed by atoms with van der Waals surface area (Å²) in [6, 6.07) is 9.94. The first-order valence-corrected chi connectivity index (χ1v) is 7.63. The molecule has 2 N–H and O–H groups in total. The van der Waals surface area contributed by atoms with Crippen molar-refractivity contribution in [2.75, 3.05) is 7.11 Å². The summed E-state index contributed by atoms with van der Waals surface area (Å²) < 4.78 is 6.96. The third kappa shape index (κ3) is 3.16. The molecule has 0 aliphatic carbocycles. The number of aromatic carboxylic acids is 1. The second-order valence-electron chi connectivity index (χ2n) is 5.50. The first-order chi connectivity index (χ1) is 12.0. The summed E-state index contributed by atoms with van der Waals surface area (Å²) in [4.78, 5) is 27.8. The fourth-order valence-corrected chi connectivity index (χ4v) is 2.62. The molecular weight excluding hydrogens is 322 g/mol. The number of aromatic nitrogens is 2. The van der Waals surface area contributed by atoms with Crippen LogP contribution >= 0.6 is 0 Å². The number of ether oxygens (including phenoxy) is 1. The maximum atomic E-state index is 12.6. The van der Waals surface area contributed by atoms with Gasteiger partial charge >= 0.3 is 5.97 Å². The van der Waals surface area contributed by atoms with Gasteiger partial charge in [-0.05, 0) is 36.8 Å². The van der Waals surface area contributed by atoms with Crippen molar-refractivity contribution < 1.29 is 19.4 Å². The minimum atomic E-state index is -0.981. The molecule has 1 amide bonds. The molecule has 128 valence electrons. The van der Waals surface area contributed by atoms with Gasteiger partial charge in [-0.1, -0.05) is 12.1 Å². The van der Waals surface area contributed by atoms with Gasteiger partial charge in [0.2, 0.25) is 0 Å². The normalized spacial score (nSPS) is 10.6. The summed E-state index contributed by atoms with van der Waals surface area (Å²) in [6.07, 6.45) is 1.76. The lowest BCUT2D eigenvalue weighted by molar-refractivity contribution is 0.0696. The van der Waals surface area contributed by atoms with Gasteiger partial charge in [0.15, 0.2) is 11.4 Å². The van der Waals surface area contributed by atoms with E-state index in [1.54, 1.807) is 48.9 Å². The van der Waals surface area contributed by atoms with E-state index in [0.717, 1.165) is 5.56 Å². The molecule has 3 aromatic rings. The smallest absolute Gasteiger partial charge is 0.335 e. The predicted octanol–water partition coefficient (Wildman–Crippen LogP) is 2.28.